The standard InChI is InChI=1S/C10H9BrN2O2/c1-15-10(14)4-6-2-8(11)7(5-12)9(13)3-6/h2-3H,4,13H2,1H3. The summed E-state index contributed by atoms with van der Waals surface area (Å²) < 4.78 is 5.12. The lowest BCUT2D eigenvalue weighted by Crippen LogP contribution is -2.05. The highest BCUT2D eigenvalue weighted by atomic mass is 79.9. The molecule has 2 N–H and O–H groups in total. The number of rotatable bonds is 2. The SMILES string of the molecule is COC(=O)Cc1cc(N)c(C#N)c(Br)c1. The zero-order valence-corrected chi connectivity index (χ0v) is 9.67. The van der Waals surface area contributed by atoms with Crippen LogP contribution in [0.15, 0.2) is 16.6 Å². The largest absolute Gasteiger partial charge is 0.469 e. The molecule has 0 saturated heterocycles. The Balaban J connectivity index is 3.05. The molecule has 78 valence electrons. The van der Waals surface area contributed by atoms with Gasteiger partial charge in [-0.25, -0.2) is 0 Å². The molecule has 0 atom stereocenters. The van der Waals surface area contributed by atoms with Crippen LogP contribution in [0.1, 0.15) is 11.1 Å². The van der Waals surface area contributed by atoms with Crippen LogP contribution in [0.25, 0.3) is 0 Å². The van der Waals surface area contributed by atoms with Crippen molar-refractivity contribution in [2.45, 2.75) is 6.42 Å². The van der Waals surface area contributed by atoms with Crippen molar-refractivity contribution in [3.05, 3.63) is 27.7 Å². The van der Waals surface area contributed by atoms with E-state index in [0.29, 0.717) is 21.3 Å². The van der Waals surface area contributed by atoms with Gasteiger partial charge in [0.15, 0.2) is 0 Å². The smallest absolute Gasteiger partial charge is 0.309 e. The van der Waals surface area contributed by atoms with E-state index in [1.807, 2.05) is 6.07 Å². The molecule has 0 heterocycles. The lowest BCUT2D eigenvalue weighted by molar-refractivity contribution is -0.139. The number of ether oxygens (including phenoxy) is 1. The molecule has 0 bridgehead atoms. The highest BCUT2D eigenvalue weighted by Crippen LogP contribution is 2.24. The van der Waals surface area contributed by atoms with E-state index < -0.39 is 0 Å². The fourth-order valence-corrected chi connectivity index (χ4v) is 1.76. The summed E-state index contributed by atoms with van der Waals surface area (Å²) in [6.45, 7) is 0. The van der Waals surface area contributed by atoms with Gasteiger partial charge in [0.1, 0.15) is 6.07 Å². The monoisotopic (exact) mass is 268 g/mol. The molecule has 4 nitrogen and oxygen atoms in total. The molecule has 1 rings (SSSR count). The van der Waals surface area contributed by atoms with Crippen LogP contribution in [0.3, 0.4) is 0 Å². The molecule has 0 aliphatic carbocycles. The van der Waals surface area contributed by atoms with Gasteiger partial charge in [0.2, 0.25) is 0 Å². The lowest BCUT2D eigenvalue weighted by Gasteiger charge is -2.05. The van der Waals surface area contributed by atoms with Crippen LogP contribution in [0.4, 0.5) is 5.69 Å². The minimum absolute atomic E-state index is 0.144. The summed E-state index contributed by atoms with van der Waals surface area (Å²) in [6, 6.07) is 5.25. The number of nitriles is 1. The van der Waals surface area contributed by atoms with E-state index in [4.69, 9.17) is 11.0 Å². The molecule has 0 fully saturated rings. The molecule has 0 aromatic heterocycles. The Hall–Kier alpha value is -1.54. The molecule has 15 heavy (non-hydrogen) atoms. The minimum Gasteiger partial charge on any atom is -0.469 e. The number of nitrogens with zero attached hydrogens (tertiary/aromatic N) is 1. The molecule has 1 aromatic carbocycles. The fourth-order valence-electron chi connectivity index (χ4n) is 1.15. The molecule has 0 radical (unpaired) electrons. The molecule has 0 amide bonds. The molecule has 0 spiro atoms. The molecular weight excluding hydrogens is 260 g/mol. The summed E-state index contributed by atoms with van der Waals surface area (Å²) in [6.07, 6.45) is 0.144. The van der Waals surface area contributed by atoms with Gasteiger partial charge in [-0.15, -0.1) is 0 Å². The lowest BCUT2D eigenvalue weighted by atomic mass is 10.1. The first-order chi connectivity index (χ1) is 7.08. The van der Waals surface area contributed by atoms with Crippen LogP contribution in [0.2, 0.25) is 0 Å². The van der Waals surface area contributed by atoms with Crippen molar-refractivity contribution < 1.29 is 9.53 Å². The summed E-state index contributed by atoms with van der Waals surface area (Å²) in [5.74, 6) is -0.342. The first-order valence-corrected chi connectivity index (χ1v) is 4.92. The molecular formula is C10H9BrN2O2. The Morgan fingerprint density at radius 3 is 2.80 bits per heavy atom. The van der Waals surface area contributed by atoms with Crippen LogP contribution < -0.4 is 5.73 Å². The van der Waals surface area contributed by atoms with Gasteiger partial charge < -0.3 is 10.5 Å². The normalized spacial score (nSPS) is 9.40. The molecule has 0 aliphatic rings. The first-order valence-electron chi connectivity index (χ1n) is 4.13. The second-order valence-corrected chi connectivity index (χ2v) is 3.76. The van der Waals surface area contributed by atoms with E-state index >= 15 is 0 Å². The number of hydrogen-bond donors (Lipinski definition) is 1. The molecule has 0 unspecified atom stereocenters. The maximum atomic E-state index is 11.0. The predicted molar refractivity (Wildman–Crippen MR) is 59.0 cm³/mol. The number of methoxy groups -OCH3 is 1. The zero-order chi connectivity index (χ0) is 11.4. The number of esters is 1. The molecule has 5 heteroatoms. The van der Waals surface area contributed by atoms with E-state index in [0.717, 1.165) is 0 Å². The first kappa shape index (κ1) is 11.5. The van der Waals surface area contributed by atoms with Crippen molar-refractivity contribution in [2.75, 3.05) is 12.8 Å². The quantitative estimate of drug-likeness (QED) is 0.653. The number of nitrogens with two attached hydrogens (primary N) is 1. The van der Waals surface area contributed by atoms with E-state index in [1.54, 1.807) is 12.1 Å². The number of anilines is 1. The van der Waals surface area contributed by atoms with Crippen LogP contribution >= 0.6 is 15.9 Å². The second kappa shape index (κ2) is 4.80. The maximum Gasteiger partial charge on any atom is 0.309 e. The number of carbonyl (C=O) groups excluding carboxylic acids is 1. The predicted octanol–water partition coefficient (Wildman–Crippen LogP) is 1.62. The third-order valence-electron chi connectivity index (χ3n) is 1.87. The number of hydrogen-bond acceptors (Lipinski definition) is 4. The number of nitrogen functional groups attached to an aromatic ring is 1. The van der Waals surface area contributed by atoms with Gasteiger partial charge in [0.25, 0.3) is 0 Å². The van der Waals surface area contributed by atoms with Crippen LogP contribution in [0.5, 0.6) is 0 Å². The zero-order valence-electron chi connectivity index (χ0n) is 8.08. The average molecular weight is 269 g/mol. The Bertz CT molecular complexity index is 415. The van der Waals surface area contributed by atoms with Crippen molar-refractivity contribution in [1.82, 2.24) is 0 Å². The van der Waals surface area contributed by atoms with Gasteiger partial charge in [0.05, 0.1) is 24.8 Å². The van der Waals surface area contributed by atoms with E-state index in [2.05, 4.69) is 20.7 Å². The summed E-state index contributed by atoms with van der Waals surface area (Å²) in [4.78, 5) is 11.0. The third-order valence-corrected chi connectivity index (χ3v) is 2.49. The molecule has 1 aromatic rings. The molecule has 0 aliphatic heterocycles. The Labute approximate surface area is 95.8 Å². The highest BCUT2D eigenvalue weighted by molar-refractivity contribution is 9.10. The van der Waals surface area contributed by atoms with Crippen molar-refractivity contribution in [1.29, 1.82) is 5.26 Å². The average Bonchev–Trinajstić information content (AvgIpc) is 2.17. The molecule has 0 saturated carbocycles. The topological polar surface area (TPSA) is 76.1 Å². The Morgan fingerprint density at radius 2 is 2.33 bits per heavy atom. The van der Waals surface area contributed by atoms with Crippen molar-refractivity contribution in [3.8, 4) is 6.07 Å². The summed E-state index contributed by atoms with van der Waals surface area (Å²) >= 11 is 3.22. The maximum absolute atomic E-state index is 11.0. The second-order valence-electron chi connectivity index (χ2n) is 2.91. The van der Waals surface area contributed by atoms with Gasteiger partial charge in [-0.3, -0.25) is 4.79 Å². The van der Waals surface area contributed by atoms with Crippen LogP contribution in [-0.4, -0.2) is 13.1 Å². The Kier molecular flexibility index (Phi) is 3.69. The van der Waals surface area contributed by atoms with Crippen molar-refractivity contribution in [2.24, 2.45) is 0 Å². The summed E-state index contributed by atoms with van der Waals surface area (Å²) in [7, 11) is 1.32. The van der Waals surface area contributed by atoms with E-state index in [1.165, 1.54) is 7.11 Å². The summed E-state index contributed by atoms with van der Waals surface area (Å²) in [5, 5.41) is 8.77. The summed E-state index contributed by atoms with van der Waals surface area (Å²) in [5.41, 5.74) is 7.09. The number of benzene rings is 1. The minimum atomic E-state index is -0.342. The van der Waals surface area contributed by atoms with Crippen LogP contribution in [0, 0.1) is 11.3 Å². The number of halogens is 1. The van der Waals surface area contributed by atoms with Gasteiger partial charge >= 0.3 is 5.97 Å². The van der Waals surface area contributed by atoms with Gasteiger partial charge in [-0.05, 0) is 33.6 Å². The van der Waals surface area contributed by atoms with Gasteiger partial charge in [-0.2, -0.15) is 5.26 Å². The van der Waals surface area contributed by atoms with Gasteiger partial charge in [0, 0.05) is 4.47 Å². The van der Waals surface area contributed by atoms with Gasteiger partial charge in [-0.1, -0.05) is 0 Å². The third kappa shape index (κ3) is 2.70. The van der Waals surface area contributed by atoms with Crippen LogP contribution in [-0.2, 0) is 16.0 Å². The Morgan fingerprint density at radius 1 is 1.67 bits per heavy atom. The van der Waals surface area contributed by atoms with E-state index in [-0.39, 0.29) is 12.4 Å². The van der Waals surface area contributed by atoms with Crippen molar-refractivity contribution >= 4 is 27.6 Å². The number of carbonyl (C=O) groups is 1. The van der Waals surface area contributed by atoms with Crippen molar-refractivity contribution in [3.63, 3.8) is 0 Å². The van der Waals surface area contributed by atoms with E-state index in [9.17, 15) is 4.79 Å². The fraction of sp³-hybridized carbons (Fsp3) is 0.200. The highest BCUT2D eigenvalue weighted by Gasteiger charge is 2.09.